The molecule has 0 fully saturated rings. The third-order valence-electron chi connectivity index (χ3n) is 2.58. The number of sulfonamides is 1. The molecule has 0 aliphatic carbocycles. The lowest BCUT2D eigenvalue weighted by molar-refractivity contribution is -0.116. The van der Waals surface area contributed by atoms with E-state index in [1.807, 2.05) is 13.8 Å². The summed E-state index contributed by atoms with van der Waals surface area (Å²) in [5.74, 6) is -0.382. The van der Waals surface area contributed by atoms with Gasteiger partial charge in [0, 0.05) is 10.9 Å². The number of nitrogens with zero attached hydrogens (tertiary/aromatic N) is 2. The number of aryl methyl sites for hydroxylation is 2. The van der Waals surface area contributed by atoms with Gasteiger partial charge in [0.2, 0.25) is 15.9 Å². The van der Waals surface area contributed by atoms with Crippen LogP contribution in [0.5, 0.6) is 0 Å². The van der Waals surface area contributed by atoms with E-state index in [1.54, 1.807) is 13.8 Å². The number of carbonyl (C=O) groups excluding carboxylic acids is 1. The first kappa shape index (κ1) is 16.1. The van der Waals surface area contributed by atoms with Crippen molar-refractivity contribution in [2.24, 2.45) is 0 Å². The Morgan fingerprint density at radius 1 is 1.42 bits per heavy atom. The Bertz CT molecular complexity index is 544. The summed E-state index contributed by atoms with van der Waals surface area (Å²) in [6.07, 6.45) is 1.10. The molecular formula is C11H19N3O3S2. The Morgan fingerprint density at radius 2 is 2.00 bits per heavy atom. The van der Waals surface area contributed by atoms with Gasteiger partial charge in [-0.05, 0) is 27.7 Å². The molecule has 1 N–H and O–H groups in total. The van der Waals surface area contributed by atoms with E-state index in [1.165, 1.54) is 11.3 Å². The number of carbonyl (C=O) groups is 1. The maximum absolute atomic E-state index is 11.8. The predicted molar refractivity (Wildman–Crippen MR) is 76.9 cm³/mol. The third-order valence-corrected chi connectivity index (χ3v) is 4.97. The molecule has 0 bridgehead atoms. The number of rotatable bonds is 5. The zero-order valence-corrected chi connectivity index (χ0v) is 13.4. The van der Waals surface area contributed by atoms with Crippen molar-refractivity contribution in [2.75, 3.05) is 18.1 Å². The highest BCUT2D eigenvalue weighted by Gasteiger charge is 2.23. The molecule has 19 heavy (non-hydrogen) atoms. The quantitative estimate of drug-likeness (QED) is 0.891. The first-order chi connectivity index (χ1) is 8.61. The molecule has 0 saturated heterocycles. The van der Waals surface area contributed by atoms with Crippen LogP contribution in [-0.2, 0) is 14.8 Å². The van der Waals surface area contributed by atoms with Crippen molar-refractivity contribution in [3.8, 4) is 0 Å². The topological polar surface area (TPSA) is 79.4 Å². The molecule has 0 unspecified atom stereocenters. The summed E-state index contributed by atoms with van der Waals surface area (Å²) in [6.45, 7) is 7.03. The second kappa shape index (κ2) is 5.98. The van der Waals surface area contributed by atoms with E-state index in [0.717, 1.165) is 21.1 Å². The van der Waals surface area contributed by atoms with Crippen molar-refractivity contribution in [1.82, 2.24) is 9.29 Å². The normalized spacial score (nSPS) is 12.2. The fraction of sp³-hybridized carbons (Fsp3) is 0.636. The van der Waals surface area contributed by atoms with Crippen molar-refractivity contribution < 1.29 is 13.2 Å². The SMILES string of the molecule is Cc1nc(NC(=O)CN(C(C)C)S(C)(=O)=O)sc1C. The minimum Gasteiger partial charge on any atom is -0.301 e. The molecule has 0 atom stereocenters. The summed E-state index contributed by atoms with van der Waals surface area (Å²) in [5, 5.41) is 3.12. The van der Waals surface area contributed by atoms with Crippen LogP contribution in [-0.4, -0.2) is 42.5 Å². The van der Waals surface area contributed by atoms with Crippen molar-refractivity contribution in [3.63, 3.8) is 0 Å². The van der Waals surface area contributed by atoms with Gasteiger partial charge in [0.05, 0.1) is 18.5 Å². The number of hydrogen-bond donors (Lipinski definition) is 1. The lowest BCUT2D eigenvalue weighted by atomic mass is 10.4. The van der Waals surface area contributed by atoms with Gasteiger partial charge < -0.3 is 5.32 Å². The van der Waals surface area contributed by atoms with E-state index in [-0.39, 0.29) is 18.5 Å². The van der Waals surface area contributed by atoms with Crippen LogP contribution in [0, 0.1) is 13.8 Å². The summed E-state index contributed by atoms with van der Waals surface area (Å²) in [5.41, 5.74) is 0.865. The zero-order valence-electron chi connectivity index (χ0n) is 11.7. The molecule has 0 saturated carbocycles. The maximum atomic E-state index is 11.8. The Kier molecular flexibility index (Phi) is 5.05. The minimum atomic E-state index is -3.40. The van der Waals surface area contributed by atoms with Crippen molar-refractivity contribution in [2.45, 2.75) is 33.7 Å². The lowest BCUT2D eigenvalue weighted by Crippen LogP contribution is -2.41. The molecule has 0 aliphatic heterocycles. The molecule has 6 nitrogen and oxygen atoms in total. The van der Waals surface area contributed by atoms with E-state index in [9.17, 15) is 13.2 Å². The highest BCUT2D eigenvalue weighted by molar-refractivity contribution is 7.88. The number of nitrogens with one attached hydrogen (secondary N) is 1. The number of aromatic nitrogens is 1. The fourth-order valence-corrected chi connectivity index (χ4v) is 3.46. The molecule has 1 aromatic rings. The van der Waals surface area contributed by atoms with E-state index in [4.69, 9.17) is 0 Å². The predicted octanol–water partition coefficient (Wildman–Crippen LogP) is 1.37. The van der Waals surface area contributed by atoms with Crippen LogP contribution in [0.1, 0.15) is 24.4 Å². The smallest absolute Gasteiger partial charge is 0.241 e. The maximum Gasteiger partial charge on any atom is 0.241 e. The summed E-state index contributed by atoms with van der Waals surface area (Å²) in [7, 11) is -3.40. The Balaban J connectivity index is 2.74. The number of anilines is 1. The average molecular weight is 305 g/mol. The zero-order chi connectivity index (χ0) is 14.8. The van der Waals surface area contributed by atoms with Crippen LogP contribution in [0.2, 0.25) is 0 Å². The molecule has 0 aromatic carbocycles. The van der Waals surface area contributed by atoms with Gasteiger partial charge in [-0.25, -0.2) is 13.4 Å². The van der Waals surface area contributed by atoms with Crippen LogP contribution in [0.4, 0.5) is 5.13 Å². The summed E-state index contributed by atoms with van der Waals surface area (Å²) >= 11 is 1.37. The van der Waals surface area contributed by atoms with Gasteiger partial charge in [-0.2, -0.15) is 4.31 Å². The largest absolute Gasteiger partial charge is 0.301 e. The van der Waals surface area contributed by atoms with E-state index in [2.05, 4.69) is 10.3 Å². The average Bonchev–Trinajstić information content (AvgIpc) is 2.52. The Hall–Kier alpha value is -0.990. The standard InChI is InChI=1S/C11H19N3O3S2/c1-7(2)14(19(5,16)17)6-10(15)13-11-12-8(3)9(4)18-11/h7H,6H2,1-5H3,(H,12,13,15). The molecule has 8 heteroatoms. The monoisotopic (exact) mass is 305 g/mol. The molecule has 1 aromatic heterocycles. The number of hydrogen-bond acceptors (Lipinski definition) is 5. The lowest BCUT2D eigenvalue weighted by Gasteiger charge is -2.22. The van der Waals surface area contributed by atoms with E-state index in [0.29, 0.717) is 5.13 Å². The molecular weight excluding hydrogens is 286 g/mol. The highest BCUT2D eigenvalue weighted by Crippen LogP contribution is 2.21. The molecule has 0 spiro atoms. The minimum absolute atomic E-state index is 0.200. The second-order valence-corrected chi connectivity index (χ2v) is 7.75. The van der Waals surface area contributed by atoms with Gasteiger partial charge in [-0.15, -0.1) is 11.3 Å². The van der Waals surface area contributed by atoms with E-state index >= 15 is 0 Å². The molecule has 1 heterocycles. The van der Waals surface area contributed by atoms with Crippen molar-refractivity contribution in [1.29, 1.82) is 0 Å². The van der Waals surface area contributed by atoms with Crippen LogP contribution in [0.25, 0.3) is 0 Å². The van der Waals surface area contributed by atoms with Gasteiger partial charge in [0.1, 0.15) is 0 Å². The fourth-order valence-electron chi connectivity index (χ4n) is 1.51. The molecule has 0 radical (unpaired) electrons. The summed E-state index contributed by atoms with van der Waals surface area (Å²) in [6, 6.07) is -0.263. The Morgan fingerprint density at radius 3 is 2.37 bits per heavy atom. The van der Waals surface area contributed by atoms with Crippen molar-refractivity contribution >= 4 is 32.4 Å². The van der Waals surface area contributed by atoms with Crippen LogP contribution < -0.4 is 5.32 Å². The van der Waals surface area contributed by atoms with Gasteiger partial charge in [-0.1, -0.05) is 0 Å². The number of thiazole rings is 1. The van der Waals surface area contributed by atoms with Crippen LogP contribution in [0.3, 0.4) is 0 Å². The summed E-state index contributed by atoms with van der Waals surface area (Å²) in [4.78, 5) is 17.1. The second-order valence-electron chi connectivity index (χ2n) is 4.61. The van der Waals surface area contributed by atoms with Gasteiger partial charge in [0.25, 0.3) is 0 Å². The summed E-state index contributed by atoms with van der Waals surface area (Å²) < 4.78 is 24.3. The molecule has 1 amide bonds. The van der Waals surface area contributed by atoms with Gasteiger partial charge in [0.15, 0.2) is 5.13 Å². The first-order valence-corrected chi connectivity index (χ1v) is 8.48. The Labute approximate surface area is 117 Å². The molecule has 0 aliphatic rings. The van der Waals surface area contributed by atoms with Gasteiger partial charge in [-0.3, -0.25) is 4.79 Å². The third kappa shape index (κ3) is 4.55. The van der Waals surface area contributed by atoms with Gasteiger partial charge >= 0.3 is 0 Å². The first-order valence-electron chi connectivity index (χ1n) is 5.82. The molecule has 108 valence electrons. The van der Waals surface area contributed by atoms with E-state index < -0.39 is 10.0 Å². The number of amides is 1. The van der Waals surface area contributed by atoms with Crippen molar-refractivity contribution in [3.05, 3.63) is 10.6 Å². The highest BCUT2D eigenvalue weighted by atomic mass is 32.2. The van der Waals surface area contributed by atoms with Crippen LogP contribution in [0.15, 0.2) is 0 Å². The molecule has 1 rings (SSSR count). The van der Waals surface area contributed by atoms with Crippen LogP contribution >= 0.6 is 11.3 Å².